The summed E-state index contributed by atoms with van der Waals surface area (Å²) < 4.78 is 0. The highest BCUT2D eigenvalue weighted by atomic mass is 16.4. The van der Waals surface area contributed by atoms with Crippen LogP contribution in [-0.2, 0) is 84.8 Å². The fourth-order valence-corrected chi connectivity index (χ4v) is 10.9. The Kier molecular flexibility index (Phi) is 38.5. The van der Waals surface area contributed by atoms with Crippen LogP contribution in [0, 0.1) is 5.92 Å². The van der Waals surface area contributed by atoms with Crippen molar-refractivity contribution in [1.82, 2.24) is 58.1 Å². The van der Waals surface area contributed by atoms with E-state index in [9.17, 15) is 97.5 Å². The highest BCUT2D eigenvalue weighted by Crippen LogP contribution is 2.21. The number of aliphatic hydroxyl groups excluding tert-OH is 1. The van der Waals surface area contributed by atoms with E-state index in [0.717, 1.165) is 6.92 Å². The zero-order chi connectivity index (χ0) is 80.2. The quantitative estimate of drug-likeness (QED) is 0.0166. The van der Waals surface area contributed by atoms with Gasteiger partial charge in [0.25, 0.3) is 0 Å². The minimum absolute atomic E-state index is 0.0193. The molecular weight excluding hydrogens is 1400 g/mol. The topological polar surface area (TPSA) is 688 Å². The lowest BCUT2D eigenvalue weighted by molar-refractivity contribution is -0.143. The molecule has 592 valence electrons. The van der Waals surface area contributed by atoms with Crippen molar-refractivity contribution in [3.05, 3.63) is 65.7 Å². The van der Waals surface area contributed by atoms with Crippen molar-refractivity contribution in [2.45, 2.75) is 209 Å². The summed E-state index contributed by atoms with van der Waals surface area (Å²) in [6.07, 6.45) is -5.25. The number of hydrogen-bond acceptors (Lipinski definition) is 21. The van der Waals surface area contributed by atoms with Crippen molar-refractivity contribution < 1.29 is 97.5 Å². The number of primary amides is 1. The van der Waals surface area contributed by atoms with Crippen LogP contribution < -0.4 is 93.3 Å². The maximum absolute atomic E-state index is 15.0. The number of nitrogens with zero attached hydrogens (tertiary/aromatic N) is 3. The number of aliphatic imine (C=N–C) groups is 2. The monoisotopic (exact) mass is 1510 g/mol. The lowest BCUT2D eigenvalue weighted by Crippen LogP contribution is -2.62. The van der Waals surface area contributed by atoms with Crippen molar-refractivity contribution in [1.29, 1.82) is 0 Å². The molecule has 1 aliphatic heterocycles. The molecule has 29 N–H and O–H groups in total. The number of phenolic OH excluding ortho intramolecular Hbond substituents is 1. The van der Waals surface area contributed by atoms with E-state index in [4.69, 9.17) is 40.1 Å². The average molecular weight is 1510 g/mol. The van der Waals surface area contributed by atoms with Crippen molar-refractivity contribution >= 4 is 101 Å². The van der Waals surface area contributed by atoms with Gasteiger partial charge in [0.1, 0.15) is 72.2 Å². The minimum atomic E-state index is -1.93. The molecule has 1 fully saturated rings. The molecule has 0 radical (unpaired) electrons. The summed E-state index contributed by atoms with van der Waals surface area (Å²) in [7, 11) is 0. The lowest BCUT2D eigenvalue weighted by Gasteiger charge is -2.31. The van der Waals surface area contributed by atoms with Crippen LogP contribution in [0.1, 0.15) is 129 Å². The third-order valence-corrected chi connectivity index (χ3v) is 16.9. The van der Waals surface area contributed by atoms with Crippen LogP contribution in [0.4, 0.5) is 0 Å². The molecule has 1 saturated heterocycles. The number of carboxylic acids is 3. The molecule has 0 spiro atoms. The fourth-order valence-electron chi connectivity index (χ4n) is 10.9. The Hall–Kier alpha value is -11.3. The van der Waals surface area contributed by atoms with E-state index in [1.54, 1.807) is 44.2 Å². The first-order valence-electron chi connectivity index (χ1n) is 34.8. The number of rotatable bonds is 48. The molecule has 1 aliphatic rings. The molecule has 2 aromatic rings. The van der Waals surface area contributed by atoms with Gasteiger partial charge in [-0.25, -0.2) is 4.79 Å². The Morgan fingerprint density at radius 2 is 0.925 bits per heavy atom. The first-order valence-corrected chi connectivity index (χ1v) is 34.8. The number of unbranched alkanes of at least 4 members (excludes halogenated alkanes) is 1. The van der Waals surface area contributed by atoms with Gasteiger partial charge in [0.15, 0.2) is 11.9 Å². The van der Waals surface area contributed by atoms with Gasteiger partial charge >= 0.3 is 17.9 Å². The largest absolute Gasteiger partial charge is 0.508 e. The van der Waals surface area contributed by atoms with Gasteiger partial charge in [0, 0.05) is 45.3 Å². The number of aliphatic hydroxyl groups is 1. The highest BCUT2D eigenvalue weighted by Gasteiger charge is 2.41. The molecule has 0 unspecified atom stereocenters. The van der Waals surface area contributed by atoms with Gasteiger partial charge in [-0.1, -0.05) is 56.3 Å². The Bertz CT molecular complexity index is 3450. The Morgan fingerprint density at radius 3 is 1.42 bits per heavy atom. The van der Waals surface area contributed by atoms with E-state index >= 15 is 0 Å². The molecule has 2 aromatic carbocycles. The normalized spacial score (nSPS) is 15.8. The summed E-state index contributed by atoms with van der Waals surface area (Å²) in [5, 5.41) is 74.0. The van der Waals surface area contributed by atoms with Gasteiger partial charge < -0.3 is 124 Å². The number of likely N-dealkylation sites (tertiary alicyclic amines) is 1. The number of nitrogens with one attached hydrogen (secondary N) is 10. The summed E-state index contributed by atoms with van der Waals surface area (Å²) in [6.45, 7) is 5.62. The van der Waals surface area contributed by atoms with E-state index in [-0.39, 0.29) is 107 Å². The standard InChI is InChI=1S/C67H104N20O20/c1-34(2)52(70)62(103)80-43(24-26-51(93)94)58(99)86-53(36(4)88)63(104)81-41(17-11-29-76-67(73)74)56(97)85-47(32-37-13-6-5-7-14-37)64(105)87-30-12-18-48(87)61(102)77-35(3)54(95)78-40(16-10-28-75-66(71)72)55(96)84-46(33-49(69)90)60(101)83-45(31-38-19-21-39(89)22-20-38)59(100)79-42(23-25-50(91)92)57(98)82-44(65(106)107)15-8-9-27-68/h5-7,13-14,19-22,34-36,40-48,52-53,88-89H,8-12,15-18,23-33,68,70H2,1-4H3,(H2,69,90)(H,77,102)(H,78,95)(H,79,100)(H,80,103)(H,81,104)(H,82,98)(H,83,101)(H,84,96)(H,85,97)(H,86,99)(H,91,92)(H,93,94)(H,106,107)(H4,71,72,75)(H4,73,74,76)/t35-,36+,40-,41-,42-,43-,44-,45-,46-,47-,48-,52-,53-/m0/s1. The number of guanidine groups is 2. The van der Waals surface area contributed by atoms with Gasteiger partial charge in [-0.15, -0.1) is 0 Å². The van der Waals surface area contributed by atoms with Crippen LogP contribution >= 0.6 is 0 Å². The minimum Gasteiger partial charge on any atom is -0.508 e. The number of aliphatic carboxylic acids is 3. The molecule has 0 aliphatic carbocycles. The Morgan fingerprint density at radius 1 is 0.495 bits per heavy atom. The van der Waals surface area contributed by atoms with Gasteiger partial charge in [-0.05, 0) is 120 Å². The molecule has 40 nitrogen and oxygen atoms in total. The van der Waals surface area contributed by atoms with Crippen molar-refractivity contribution in [2.75, 3.05) is 26.2 Å². The number of aromatic hydroxyl groups is 1. The van der Waals surface area contributed by atoms with Gasteiger partial charge in [0.2, 0.25) is 70.9 Å². The second-order valence-corrected chi connectivity index (χ2v) is 26.0. The van der Waals surface area contributed by atoms with Crippen LogP contribution in [0.3, 0.4) is 0 Å². The number of carbonyl (C=O) groups excluding carboxylic acids is 12. The number of benzene rings is 2. The van der Waals surface area contributed by atoms with Crippen LogP contribution in [0.5, 0.6) is 5.75 Å². The van der Waals surface area contributed by atoms with E-state index in [0.29, 0.717) is 12.0 Å². The maximum atomic E-state index is 15.0. The Labute approximate surface area is 616 Å². The highest BCUT2D eigenvalue weighted by molar-refractivity contribution is 6.00. The van der Waals surface area contributed by atoms with Crippen LogP contribution in [0.25, 0.3) is 0 Å². The smallest absolute Gasteiger partial charge is 0.326 e. The number of amides is 12. The first kappa shape index (κ1) is 89.9. The average Bonchev–Trinajstić information content (AvgIpc) is 1.77. The molecule has 0 saturated carbocycles. The molecule has 13 atom stereocenters. The predicted octanol–water partition coefficient (Wildman–Crippen LogP) is -6.67. The van der Waals surface area contributed by atoms with Crippen LogP contribution in [0.15, 0.2) is 64.6 Å². The number of hydrogen-bond donors (Lipinski definition) is 22. The Balaban J connectivity index is 1.97. The predicted molar refractivity (Wildman–Crippen MR) is 384 cm³/mol. The number of phenols is 1. The summed E-state index contributed by atoms with van der Waals surface area (Å²) in [5.74, 6) is -17.9. The van der Waals surface area contributed by atoms with Crippen molar-refractivity contribution in [2.24, 2.45) is 56.0 Å². The molecule has 107 heavy (non-hydrogen) atoms. The van der Waals surface area contributed by atoms with Gasteiger partial charge in [0.05, 0.1) is 18.6 Å². The lowest BCUT2D eigenvalue weighted by atomic mass is 10.0. The molecule has 0 aromatic heterocycles. The van der Waals surface area contributed by atoms with E-state index in [1.807, 2.05) is 0 Å². The number of carboxylic acid groups (broad SMARTS) is 3. The van der Waals surface area contributed by atoms with Crippen LogP contribution in [0.2, 0.25) is 0 Å². The van der Waals surface area contributed by atoms with E-state index in [1.165, 1.54) is 36.1 Å². The second kappa shape index (κ2) is 45.8. The number of nitrogens with two attached hydrogens (primary N) is 7. The zero-order valence-corrected chi connectivity index (χ0v) is 60.2. The summed E-state index contributed by atoms with van der Waals surface area (Å²) >= 11 is 0. The third kappa shape index (κ3) is 32.7. The molecule has 12 amide bonds. The molecule has 3 rings (SSSR count). The van der Waals surface area contributed by atoms with Crippen LogP contribution in [-0.4, -0.2) is 236 Å². The summed E-state index contributed by atoms with van der Waals surface area (Å²) in [4.78, 5) is 213. The maximum Gasteiger partial charge on any atom is 0.326 e. The second-order valence-electron chi connectivity index (χ2n) is 26.0. The van der Waals surface area contributed by atoms with E-state index in [2.05, 4.69) is 63.2 Å². The molecule has 1 heterocycles. The molecule has 0 bridgehead atoms. The fraction of sp³-hybridized carbons (Fsp3) is 0.567. The van der Waals surface area contributed by atoms with E-state index < -0.39 is 212 Å². The summed E-state index contributed by atoms with van der Waals surface area (Å²) in [5.41, 5.74) is 40.0. The molecule has 40 heteroatoms. The SMILES string of the molecule is CC(C)[C@H](N)C(=O)N[C@@H](CCC(=O)O)C(=O)N[C@H](C(=O)N[C@@H](CCCN=C(N)N)C(=O)N[C@@H](Cc1ccccc1)C(=O)N1CCC[C@H]1C(=O)N[C@@H](C)C(=O)N[C@@H](CCCN=C(N)N)C(=O)N[C@@H](CC(N)=O)C(=O)N[C@@H](Cc1ccc(O)cc1)C(=O)N[C@@H](CCC(=O)O)C(=O)N[C@@H](CCCCN)C(=O)O)[C@@H](C)O. The van der Waals surface area contributed by atoms with Crippen molar-refractivity contribution in [3.63, 3.8) is 0 Å². The van der Waals surface area contributed by atoms with Gasteiger partial charge in [-0.3, -0.25) is 77.1 Å². The summed E-state index contributed by atoms with van der Waals surface area (Å²) in [6, 6.07) is -5.34. The van der Waals surface area contributed by atoms with Crippen molar-refractivity contribution in [3.8, 4) is 5.75 Å². The zero-order valence-electron chi connectivity index (χ0n) is 60.2. The first-order chi connectivity index (χ1) is 50.4. The molecular formula is C67H104N20O20. The third-order valence-electron chi connectivity index (χ3n) is 16.9. The van der Waals surface area contributed by atoms with Gasteiger partial charge in [-0.2, -0.15) is 0 Å². The number of carbonyl (C=O) groups is 15.